The van der Waals surface area contributed by atoms with Gasteiger partial charge in [-0.25, -0.2) is 0 Å². The van der Waals surface area contributed by atoms with Crippen LogP contribution >= 0.6 is 0 Å². The monoisotopic (exact) mass is 183 g/mol. The van der Waals surface area contributed by atoms with Gasteiger partial charge in [-0.3, -0.25) is 0 Å². The molecule has 0 aliphatic rings. The van der Waals surface area contributed by atoms with Gasteiger partial charge >= 0.3 is 0 Å². The van der Waals surface area contributed by atoms with E-state index < -0.39 is 0 Å². The van der Waals surface area contributed by atoms with E-state index in [2.05, 4.69) is 0 Å². The smallest absolute Gasteiger partial charge is 0.115 e. The van der Waals surface area contributed by atoms with Crippen LogP contribution in [-0.2, 0) is 0 Å². The van der Waals surface area contributed by atoms with Crippen LogP contribution < -0.4 is 5.73 Å². The fourth-order valence-electron chi connectivity index (χ4n) is 0.545. The second-order valence-corrected chi connectivity index (χ2v) is 2.24. The van der Waals surface area contributed by atoms with E-state index in [0.29, 0.717) is 5.75 Å². The molecule has 0 unspecified atom stereocenters. The molecule has 0 saturated carbocycles. The van der Waals surface area contributed by atoms with Gasteiger partial charge in [-0.05, 0) is 25.6 Å². The lowest BCUT2D eigenvalue weighted by Crippen LogP contribution is -1.87. The molecule has 1 rings (SSSR count). The van der Waals surface area contributed by atoms with Crippen molar-refractivity contribution < 1.29 is 5.11 Å². The van der Waals surface area contributed by atoms with Gasteiger partial charge in [0.15, 0.2) is 0 Å². The molecule has 0 aliphatic carbocycles. The van der Waals surface area contributed by atoms with Crippen LogP contribution in [0.25, 0.3) is 0 Å². The second kappa shape index (κ2) is 11.0. The van der Waals surface area contributed by atoms with Crippen LogP contribution in [0.4, 0.5) is 0 Å². The third kappa shape index (κ3) is 11.0. The number of phenolic OH excluding ortho intramolecular Hbond substituents is 1. The van der Waals surface area contributed by atoms with E-state index in [1.807, 2.05) is 39.8 Å². The van der Waals surface area contributed by atoms with E-state index in [-0.39, 0.29) is 0 Å². The van der Waals surface area contributed by atoms with Crippen LogP contribution in [0.2, 0.25) is 0 Å². The first-order valence-electron chi connectivity index (χ1n) is 4.66. The molecule has 1 aromatic rings. The molecule has 0 spiro atoms. The Kier molecular flexibility index (Phi) is 12.2. The molecule has 13 heavy (non-hydrogen) atoms. The van der Waals surface area contributed by atoms with Crippen LogP contribution in [0.1, 0.15) is 26.3 Å². The van der Waals surface area contributed by atoms with E-state index in [0.717, 1.165) is 6.54 Å². The summed E-state index contributed by atoms with van der Waals surface area (Å²) in [5.74, 6) is 0.329. The quantitative estimate of drug-likeness (QED) is 0.649. The average molecular weight is 183 g/mol. The Bertz CT molecular complexity index is 161. The summed E-state index contributed by atoms with van der Waals surface area (Å²) in [6.07, 6.45) is 0. The van der Waals surface area contributed by atoms with Gasteiger partial charge in [0, 0.05) is 0 Å². The van der Waals surface area contributed by atoms with E-state index >= 15 is 0 Å². The first kappa shape index (κ1) is 14.5. The van der Waals surface area contributed by atoms with Gasteiger partial charge in [-0.15, -0.1) is 0 Å². The summed E-state index contributed by atoms with van der Waals surface area (Å²) in [6, 6.07) is 7.09. The minimum Gasteiger partial charge on any atom is -0.508 e. The van der Waals surface area contributed by atoms with E-state index in [4.69, 9.17) is 10.8 Å². The molecule has 0 heterocycles. The molecule has 0 radical (unpaired) electrons. The van der Waals surface area contributed by atoms with Crippen molar-refractivity contribution in [3.63, 3.8) is 0 Å². The Labute approximate surface area is 81.4 Å². The molecular weight excluding hydrogens is 162 g/mol. The molecule has 0 bridgehead atoms. The first-order valence-corrected chi connectivity index (χ1v) is 4.66. The molecule has 0 aromatic heterocycles. The lowest BCUT2D eigenvalue weighted by atomic mass is 10.2. The summed E-state index contributed by atoms with van der Waals surface area (Å²) in [5, 5.41) is 8.76. The van der Waals surface area contributed by atoms with Gasteiger partial charge in [-0.1, -0.05) is 38.5 Å². The molecule has 3 N–H and O–H groups in total. The third-order valence-corrected chi connectivity index (χ3v) is 1.03. The maximum Gasteiger partial charge on any atom is 0.115 e. The highest BCUT2D eigenvalue weighted by molar-refractivity contribution is 5.24. The van der Waals surface area contributed by atoms with Crippen LogP contribution in [0.15, 0.2) is 24.3 Å². The Hall–Kier alpha value is -1.02. The molecule has 0 fully saturated rings. The lowest BCUT2D eigenvalue weighted by molar-refractivity contribution is 0.475. The number of phenols is 1. The van der Waals surface area contributed by atoms with Crippen molar-refractivity contribution >= 4 is 0 Å². The maximum absolute atomic E-state index is 8.76. The number of hydrogen-bond acceptors (Lipinski definition) is 2. The summed E-state index contributed by atoms with van der Waals surface area (Å²) in [7, 11) is 0. The molecule has 0 saturated heterocycles. The third-order valence-electron chi connectivity index (χ3n) is 1.03. The van der Waals surface area contributed by atoms with Crippen LogP contribution in [0, 0.1) is 6.92 Å². The van der Waals surface area contributed by atoms with Crippen molar-refractivity contribution in [2.45, 2.75) is 27.7 Å². The number of benzene rings is 1. The predicted octanol–water partition coefficient (Wildman–Crippen LogP) is 2.69. The highest BCUT2D eigenvalue weighted by Crippen LogP contribution is 2.07. The van der Waals surface area contributed by atoms with E-state index in [1.54, 1.807) is 12.1 Å². The van der Waals surface area contributed by atoms with Gasteiger partial charge in [0.05, 0.1) is 0 Å². The number of aryl methyl sites for hydroxylation is 1. The summed E-state index contributed by atoms with van der Waals surface area (Å²) in [6.45, 7) is 8.64. The molecule has 2 heteroatoms. The number of rotatable bonds is 0. The summed E-state index contributed by atoms with van der Waals surface area (Å²) < 4.78 is 0. The molecular formula is C11H21NO. The Morgan fingerprint density at radius 1 is 1.15 bits per heavy atom. The molecule has 0 aliphatic heterocycles. The minimum absolute atomic E-state index is 0.329. The molecule has 2 nitrogen and oxygen atoms in total. The first-order chi connectivity index (χ1) is 6.20. The Morgan fingerprint density at radius 2 is 1.46 bits per heavy atom. The number of aromatic hydroxyl groups is 1. The Morgan fingerprint density at radius 3 is 1.69 bits per heavy atom. The maximum atomic E-state index is 8.76. The summed E-state index contributed by atoms with van der Waals surface area (Å²) >= 11 is 0. The van der Waals surface area contributed by atoms with E-state index in [1.165, 1.54) is 5.56 Å². The topological polar surface area (TPSA) is 46.2 Å². The van der Waals surface area contributed by atoms with Gasteiger partial charge in [-0.2, -0.15) is 0 Å². The largest absolute Gasteiger partial charge is 0.508 e. The summed E-state index contributed by atoms with van der Waals surface area (Å²) in [4.78, 5) is 0. The Balaban J connectivity index is 0. The lowest BCUT2D eigenvalue weighted by Gasteiger charge is -1.89. The normalized spacial score (nSPS) is 7.46. The second-order valence-electron chi connectivity index (χ2n) is 2.24. The van der Waals surface area contributed by atoms with Crippen molar-refractivity contribution in [1.82, 2.24) is 0 Å². The van der Waals surface area contributed by atoms with Crippen LogP contribution in [-0.4, -0.2) is 11.7 Å². The predicted molar refractivity (Wildman–Crippen MR) is 58.9 cm³/mol. The molecule has 76 valence electrons. The van der Waals surface area contributed by atoms with Gasteiger partial charge in [0.1, 0.15) is 5.75 Å². The number of hydrogen-bond donors (Lipinski definition) is 2. The standard InChI is InChI=1S/C7H8O.C2H7N.C2H6/c1-6-2-4-7(8)5-3-6;1-2-3;1-2/h2-5,8H,1H3;2-3H2,1H3;1-2H3. The van der Waals surface area contributed by atoms with Crippen LogP contribution in [0.5, 0.6) is 5.75 Å². The SMILES string of the molecule is CC.CCN.Cc1ccc(O)cc1. The van der Waals surface area contributed by atoms with Gasteiger partial charge in [0.2, 0.25) is 0 Å². The van der Waals surface area contributed by atoms with Crippen LogP contribution in [0.3, 0.4) is 0 Å². The molecule has 0 atom stereocenters. The highest BCUT2D eigenvalue weighted by Gasteiger charge is 1.82. The van der Waals surface area contributed by atoms with Crippen molar-refractivity contribution in [2.75, 3.05) is 6.54 Å². The number of nitrogens with two attached hydrogens (primary N) is 1. The van der Waals surface area contributed by atoms with Crippen molar-refractivity contribution in [3.05, 3.63) is 29.8 Å². The van der Waals surface area contributed by atoms with Crippen molar-refractivity contribution in [1.29, 1.82) is 0 Å². The fraction of sp³-hybridized carbons (Fsp3) is 0.455. The zero-order valence-corrected chi connectivity index (χ0v) is 9.04. The average Bonchev–Trinajstić information content (AvgIpc) is 2.15. The minimum atomic E-state index is 0.329. The zero-order valence-electron chi connectivity index (χ0n) is 9.04. The zero-order chi connectivity index (χ0) is 10.7. The molecule has 1 aromatic carbocycles. The van der Waals surface area contributed by atoms with Gasteiger partial charge < -0.3 is 10.8 Å². The summed E-state index contributed by atoms with van der Waals surface area (Å²) in [5.41, 5.74) is 6.02. The van der Waals surface area contributed by atoms with Crippen molar-refractivity contribution in [2.24, 2.45) is 5.73 Å². The molecule has 0 amide bonds. The van der Waals surface area contributed by atoms with Gasteiger partial charge in [0.25, 0.3) is 0 Å². The van der Waals surface area contributed by atoms with Crippen molar-refractivity contribution in [3.8, 4) is 5.75 Å². The van der Waals surface area contributed by atoms with E-state index in [9.17, 15) is 0 Å². The highest BCUT2D eigenvalue weighted by atomic mass is 16.3. The fourth-order valence-corrected chi connectivity index (χ4v) is 0.545.